The van der Waals surface area contributed by atoms with E-state index in [9.17, 15) is 33.6 Å². The number of carbonyl (C=O) groups excluding carboxylic acids is 8. The van der Waals surface area contributed by atoms with E-state index in [0.29, 0.717) is 36.9 Å². The van der Waals surface area contributed by atoms with Crippen molar-refractivity contribution in [2.45, 2.75) is 121 Å². The Bertz CT molecular complexity index is 2470. The first kappa shape index (κ1) is 49.3. The van der Waals surface area contributed by atoms with Crippen LogP contribution < -0.4 is 43.8 Å². The van der Waals surface area contributed by atoms with Gasteiger partial charge in [0.15, 0.2) is 0 Å². The van der Waals surface area contributed by atoms with Gasteiger partial charge in [-0.15, -0.1) is 5.10 Å². The average Bonchev–Trinajstić information content (AvgIpc) is 4.05. The molecule has 358 valence electrons. The number of amides is 8. The van der Waals surface area contributed by atoms with E-state index in [0.717, 1.165) is 22.0 Å². The fourth-order valence-corrected chi connectivity index (χ4v) is 8.53. The van der Waals surface area contributed by atoms with Gasteiger partial charge in [-0.1, -0.05) is 73.5 Å². The first-order chi connectivity index (χ1) is 32.0. The molecule has 0 spiro atoms. The number of nitrogens with one attached hydrogen (secondary N) is 6. The van der Waals surface area contributed by atoms with E-state index in [1.54, 1.807) is 30.9 Å². The number of benzene rings is 2. The highest BCUT2D eigenvalue weighted by molar-refractivity contribution is 5.99. The molecule has 12 N–H and O–H groups in total. The lowest BCUT2D eigenvalue weighted by molar-refractivity contribution is -0.143. The van der Waals surface area contributed by atoms with Gasteiger partial charge in [0.1, 0.15) is 30.2 Å². The maximum absolute atomic E-state index is 15.0. The Labute approximate surface area is 387 Å². The van der Waals surface area contributed by atoms with Crippen LogP contribution in [-0.2, 0) is 51.2 Å². The predicted octanol–water partition coefficient (Wildman–Crippen LogP) is -0.593. The van der Waals surface area contributed by atoms with Crippen molar-refractivity contribution in [1.29, 1.82) is 0 Å². The molecular weight excluding hydrogens is 863 g/mol. The molecule has 67 heavy (non-hydrogen) atoms. The van der Waals surface area contributed by atoms with E-state index in [1.807, 2.05) is 55.5 Å². The van der Waals surface area contributed by atoms with Crippen LogP contribution in [0.1, 0.15) is 87.2 Å². The summed E-state index contributed by atoms with van der Waals surface area (Å²) in [5.41, 5.74) is 21.6. The highest BCUT2D eigenvalue weighted by Gasteiger charge is 2.45. The maximum atomic E-state index is 15.0. The molecule has 2 aliphatic heterocycles. The minimum Gasteiger partial charge on any atom is -0.370 e. The van der Waals surface area contributed by atoms with Crippen LogP contribution in [0.15, 0.2) is 60.9 Å². The largest absolute Gasteiger partial charge is 0.370 e. The number of nitrogens with two attached hydrogens (primary N) is 3. The summed E-state index contributed by atoms with van der Waals surface area (Å²) in [5.74, 6) is -6.77. The SMILES string of the molecule is CC[C@H](C)[C@@H]1NC(=O)[C@H](CC(N)=O)NC(=O)[C@@H](N)CC(=O)NCCCC[C@@H](C(N)=O)NC(=O)[C@H](Cc2c[nH]c3ccccc23)NC(=O)[C@@H]2C[C@H](n3cc(Cc4cccc(C)c4)nn3)CN2C1=O. The summed E-state index contributed by atoms with van der Waals surface area (Å²) in [6.45, 7) is 5.58. The molecule has 21 nitrogen and oxygen atoms in total. The number of aromatic nitrogens is 4. The number of hydrogen-bond acceptors (Lipinski definition) is 11. The quantitative estimate of drug-likeness (QED) is 0.0968. The van der Waals surface area contributed by atoms with Crippen LogP contribution in [0.2, 0.25) is 0 Å². The van der Waals surface area contributed by atoms with Crippen molar-refractivity contribution < 1.29 is 38.4 Å². The average molecular weight is 924 g/mol. The summed E-state index contributed by atoms with van der Waals surface area (Å²) in [6, 6.07) is 6.85. The molecule has 0 saturated carbocycles. The third-order valence-electron chi connectivity index (χ3n) is 12.5. The zero-order valence-corrected chi connectivity index (χ0v) is 38.0. The van der Waals surface area contributed by atoms with E-state index >= 15 is 4.79 Å². The van der Waals surface area contributed by atoms with Crippen molar-refractivity contribution in [2.24, 2.45) is 23.1 Å². The number of rotatable bonds is 10. The molecule has 6 rings (SSSR count). The number of aromatic amines is 1. The van der Waals surface area contributed by atoms with Crippen molar-refractivity contribution in [3.05, 3.63) is 83.3 Å². The molecule has 0 bridgehead atoms. The summed E-state index contributed by atoms with van der Waals surface area (Å²) in [6.07, 6.45) is 4.00. The summed E-state index contributed by atoms with van der Waals surface area (Å²) in [5, 5.41) is 23.0. The normalized spacial score (nSPS) is 24.7. The predicted molar refractivity (Wildman–Crippen MR) is 245 cm³/mol. The Morgan fingerprint density at radius 1 is 0.896 bits per heavy atom. The number of H-pyrrole nitrogens is 1. The minimum atomic E-state index is -1.57. The van der Waals surface area contributed by atoms with Gasteiger partial charge in [-0.3, -0.25) is 38.4 Å². The highest BCUT2D eigenvalue weighted by atomic mass is 16.2. The first-order valence-electron chi connectivity index (χ1n) is 22.6. The van der Waals surface area contributed by atoms with Crippen LogP contribution in [0, 0.1) is 12.8 Å². The molecule has 2 fully saturated rings. The van der Waals surface area contributed by atoms with Crippen LogP contribution in [0.4, 0.5) is 0 Å². The van der Waals surface area contributed by atoms with Crippen LogP contribution in [-0.4, -0.2) is 121 Å². The van der Waals surface area contributed by atoms with E-state index in [-0.39, 0.29) is 32.4 Å². The number of aryl methyl sites for hydroxylation is 1. The molecule has 0 radical (unpaired) electrons. The number of primary amides is 2. The van der Waals surface area contributed by atoms with Crippen molar-refractivity contribution >= 4 is 58.2 Å². The smallest absolute Gasteiger partial charge is 0.246 e. The Hall–Kier alpha value is -7.16. The standard InChI is InChI=1S/C46H61N13O8/c1-4-26(3)40-46(67)58-24-30(59-23-29(56-57-59)17-27-11-9-10-25(2)16-27)19-37(58)45(66)54-35(18-28-22-51-33-13-6-5-12-31(28)33)43(64)52-34(41(49)62)14-7-8-15-50-39(61)20-32(47)42(63)53-36(21-38(48)60)44(65)55-40/h5-6,9-13,16,22-23,26,30,32,34-37,40,51H,4,7-8,14-15,17-21,24,47H2,1-3H3,(H2,48,60)(H2,49,62)(H,50,61)(H,52,64)(H,53,63)(H,54,66)(H,55,65)/t26-,30-,32-,34-,35-,36-,37-,40-/m0/s1. The molecule has 8 atom stereocenters. The Kier molecular flexibility index (Phi) is 16.4. The third kappa shape index (κ3) is 12.8. The van der Waals surface area contributed by atoms with Crippen LogP contribution >= 0.6 is 0 Å². The molecule has 0 aliphatic carbocycles. The molecule has 2 aromatic heterocycles. The second kappa shape index (κ2) is 22.4. The molecule has 4 aromatic rings. The van der Waals surface area contributed by atoms with Crippen LogP contribution in [0.5, 0.6) is 0 Å². The fraction of sp³-hybridized carbons (Fsp3) is 0.478. The minimum absolute atomic E-state index is 0.0186. The van der Waals surface area contributed by atoms with Gasteiger partial charge in [0.25, 0.3) is 0 Å². The topological polar surface area (TPSA) is 325 Å². The molecule has 4 heterocycles. The van der Waals surface area contributed by atoms with E-state index in [1.165, 1.54) is 4.90 Å². The van der Waals surface area contributed by atoms with E-state index < -0.39 is 108 Å². The van der Waals surface area contributed by atoms with Gasteiger partial charge < -0.3 is 53.7 Å². The zero-order valence-electron chi connectivity index (χ0n) is 38.0. The van der Waals surface area contributed by atoms with Crippen LogP contribution in [0.3, 0.4) is 0 Å². The molecule has 2 saturated heterocycles. The lowest BCUT2D eigenvalue weighted by Crippen LogP contribution is -2.60. The second-order valence-corrected chi connectivity index (χ2v) is 17.6. The van der Waals surface area contributed by atoms with Gasteiger partial charge >= 0.3 is 0 Å². The summed E-state index contributed by atoms with van der Waals surface area (Å²) >= 11 is 0. The molecule has 2 aromatic carbocycles. The maximum Gasteiger partial charge on any atom is 0.246 e. The molecule has 8 amide bonds. The molecule has 21 heteroatoms. The Morgan fingerprint density at radius 3 is 2.37 bits per heavy atom. The Morgan fingerprint density at radius 2 is 1.64 bits per heavy atom. The van der Waals surface area contributed by atoms with Crippen molar-refractivity contribution in [1.82, 2.24) is 51.5 Å². The lowest BCUT2D eigenvalue weighted by Gasteiger charge is -2.33. The van der Waals surface area contributed by atoms with Gasteiger partial charge in [0.05, 0.1) is 30.6 Å². The van der Waals surface area contributed by atoms with Crippen molar-refractivity contribution in [3.8, 4) is 0 Å². The van der Waals surface area contributed by atoms with Crippen molar-refractivity contribution in [2.75, 3.05) is 13.1 Å². The number of fused-ring (bicyclic) bond motifs is 2. The van der Waals surface area contributed by atoms with E-state index in [2.05, 4.69) is 41.9 Å². The van der Waals surface area contributed by atoms with Gasteiger partial charge in [-0.2, -0.15) is 0 Å². The van der Waals surface area contributed by atoms with Gasteiger partial charge in [-0.05, 0) is 49.3 Å². The van der Waals surface area contributed by atoms with Gasteiger partial charge in [0.2, 0.25) is 47.3 Å². The highest BCUT2D eigenvalue weighted by Crippen LogP contribution is 2.30. The number of carbonyl (C=O) groups is 8. The molecular formula is C46H61N13O8. The fourth-order valence-electron chi connectivity index (χ4n) is 8.53. The van der Waals surface area contributed by atoms with Gasteiger partial charge in [0, 0.05) is 55.6 Å². The number of hydrogen-bond donors (Lipinski definition) is 9. The monoisotopic (exact) mass is 923 g/mol. The van der Waals surface area contributed by atoms with Gasteiger partial charge in [-0.25, -0.2) is 4.68 Å². The third-order valence-corrected chi connectivity index (χ3v) is 12.5. The number of para-hydroxylation sites is 1. The summed E-state index contributed by atoms with van der Waals surface area (Å²) in [7, 11) is 0. The first-order valence-corrected chi connectivity index (χ1v) is 22.6. The Balaban J connectivity index is 1.38. The number of nitrogens with zero attached hydrogens (tertiary/aromatic N) is 4. The van der Waals surface area contributed by atoms with Crippen molar-refractivity contribution in [3.63, 3.8) is 0 Å². The summed E-state index contributed by atoms with van der Waals surface area (Å²) < 4.78 is 1.60. The van der Waals surface area contributed by atoms with Crippen LogP contribution in [0.25, 0.3) is 10.9 Å². The molecule has 2 aliphatic rings. The lowest BCUT2D eigenvalue weighted by atomic mass is 9.96. The second-order valence-electron chi connectivity index (χ2n) is 17.6. The molecule has 0 unspecified atom stereocenters. The summed E-state index contributed by atoms with van der Waals surface area (Å²) in [4.78, 5) is 114. The zero-order chi connectivity index (χ0) is 48.4. The van der Waals surface area contributed by atoms with E-state index in [4.69, 9.17) is 17.2 Å².